The number of anilines is 1. The molecule has 9 heteroatoms. The first kappa shape index (κ1) is 17.3. The summed E-state index contributed by atoms with van der Waals surface area (Å²) in [5, 5.41) is 6.05. The van der Waals surface area contributed by atoms with Crippen molar-refractivity contribution >= 4 is 81.2 Å². The van der Waals surface area contributed by atoms with Crippen molar-refractivity contribution < 1.29 is 4.79 Å². The predicted molar refractivity (Wildman–Crippen MR) is 83.0 cm³/mol. The Morgan fingerprint density at radius 3 is 2.00 bits per heavy atom. The van der Waals surface area contributed by atoms with Crippen LogP contribution in [0.2, 0.25) is 15.1 Å². The number of alkyl halides is 3. The number of carbonyl (C=O) groups is 1. The molecule has 0 aliphatic heterocycles. The predicted octanol–water partition coefficient (Wildman–Crippen LogP) is 4.89. The third kappa shape index (κ3) is 5.25. The molecule has 0 saturated heterocycles. The first-order valence-corrected chi connectivity index (χ1v) is 7.13. The van der Waals surface area contributed by atoms with Gasteiger partial charge >= 0.3 is 0 Å². The smallest absolute Gasteiger partial charge is 0.228 e. The molecule has 0 unspecified atom stereocenters. The number of carbonyl (C=O) groups excluding carboxylic acids is 1. The summed E-state index contributed by atoms with van der Waals surface area (Å²) in [6, 6.07) is 2.95. The average Bonchev–Trinajstić information content (AvgIpc) is 2.19. The van der Waals surface area contributed by atoms with E-state index in [0.29, 0.717) is 10.7 Å². The SMILES string of the molecule is CC(=O)N[C@@H](Nc1c(Cl)cc(Cl)cc1Cl)C(Cl)(Cl)Cl. The molecule has 0 bridgehead atoms. The van der Waals surface area contributed by atoms with Crippen molar-refractivity contribution in [1.82, 2.24) is 5.32 Å². The zero-order valence-corrected chi connectivity index (χ0v) is 13.9. The number of hydrogen-bond acceptors (Lipinski definition) is 2. The summed E-state index contributed by atoms with van der Waals surface area (Å²) in [6.45, 7) is 1.29. The fourth-order valence-corrected chi connectivity index (χ4v) is 2.48. The van der Waals surface area contributed by atoms with Gasteiger partial charge in [0, 0.05) is 11.9 Å². The number of halogens is 6. The van der Waals surface area contributed by atoms with Crippen molar-refractivity contribution in [1.29, 1.82) is 0 Å². The quantitative estimate of drug-likeness (QED) is 0.575. The van der Waals surface area contributed by atoms with E-state index in [-0.39, 0.29) is 16.0 Å². The van der Waals surface area contributed by atoms with E-state index >= 15 is 0 Å². The van der Waals surface area contributed by atoms with Gasteiger partial charge in [0.05, 0.1) is 15.7 Å². The van der Waals surface area contributed by atoms with Gasteiger partial charge in [0.25, 0.3) is 0 Å². The molecule has 0 radical (unpaired) electrons. The lowest BCUT2D eigenvalue weighted by Crippen LogP contribution is -2.48. The molecule has 2 N–H and O–H groups in total. The monoisotopic (exact) mass is 382 g/mol. The third-order valence-corrected chi connectivity index (χ3v) is 3.44. The van der Waals surface area contributed by atoms with Crippen LogP contribution in [-0.4, -0.2) is 15.9 Å². The Kier molecular flexibility index (Phi) is 6.18. The Labute approximate surface area is 140 Å². The normalized spacial score (nSPS) is 13.0. The molecule has 0 heterocycles. The van der Waals surface area contributed by atoms with E-state index < -0.39 is 9.96 Å². The van der Waals surface area contributed by atoms with Crippen LogP contribution in [0.5, 0.6) is 0 Å². The number of benzene rings is 1. The molecule has 1 aromatic rings. The van der Waals surface area contributed by atoms with E-state index in [9.17, 15) is 4.79 Å². The minimum atomic E-state index is -1.79. The van der Waals surface area contributed by atoms with Gasteiger partial charge in [-0.05, 0) is 12.1 Å². The maximum atomic E-state index is 11.1. The van der Waals surface area contributed by atoms with Gasteiger partial charge in [-0.15, -0.1) is 0 Å². The first-order chi connectivity index (χ1) is 8.61. The molecular formula is C10H8Cl6N2O. The van der Waals surface area contributed by atoms with Crippen molar-refractivity contribution in [3.8, 4) is 0 Å². The number of amides is 1. The fraction of sp³-hybridized carbons (Fsp3) is 0.300. The topological polar surface area (TPSA) is 41.1 Å². The molecule has 0 aliphatic rings. The second-order valence-corrected chi connectivity index (χ2v) is 7.18. The highest BCUT2D eigenvalue weighted by atomic mass is 35.6. The van der Waals surface area contributed by atoms with E-state index in [0.717, 1.165) is 0 Å². The molecule has 0 aromatic heterocycles. The Bertz CT molecular complexity index is 464. The fourth-order valence-electron chi connectivity index (χ4n) is 1.23. The van der Waals surface area contributed by atoms with Crippen LogP contribution in [0.3, 0.4) is 0 Å². The third-order valence-electron chi connectivity index (χ3n) is 1.97. The summed E-state index contributed by atoms with van der Waals surface area (Å²) in [4.78, 5) is 11.1. The minimum absolute atomic E-state index is 0.238. The number of hydrogen-bond donors (Lipinski definition) is 2. The molecule has 0 spiro atoms. The van der Waals surface area contributed by atoms with Crippen LogP contribution in [0.25, 0.3) is 0 Å². The van der Waals surface area contributed by atoms with Crippen molar-refractivity contribution in [2.45, 2.75) is 16.9 Å². The van der Waals surface area contributed by atoms with Gasteiger partial charge in [0.1, 0.15) is 6.17 Å². The van der Waals surface area contributed by atoms with E-state index in [2.05, 4.69) is 10.6 Å². The largest absolute Gasteiger partial charge is 0.359 e. The van der Waals surface area contributed by atoms with Gasteiger partial charge in [-0.25, -0.2) is 0 Å². The minimum Gasteiger partial charge on any atom is -0.359 e. The van der Waals surface area contributed by atoms with E-state index in [1.165, 1.54) is 19.1 Å². The Morgan fingerprint density at radius 2 is 1.63 bits per heavy atom. The molecule has 1 rings (SSSR count). The van der Waals surface area contributed by atoms with Gasteiger partial charge in [-0.2, -0.15) is 0 Å². The zero-order chi connectivity index (χ0) is 14.8. The second-order valence-electron chi connectivity index (χ2n) is 3.56. The Morgan fingerprint density at radius 1 is 1.16 bits per heavy atom. The highest BCUT2D eigenvalue weighted by molar-refractivity contribution is 6.68. The van der Waals surface area contributed by atoms with Gasteiger partial charge in [0.15, 0.2) is 0 Å². The van der Waals surface area contributed by atoms with Gasteiger partial charge in [-0.1, -0.05) is 69.6 Å². The van der Waals surface area contributed by atoms with Crippen molar-refractivity contribution in [2.24, 2.45) is 0 Å². The molecule has 0 aliphatic carbocycles. The van der Waals surface area contributed by atoms with E-state index in [1.54, 1.807) is 0 Å². The second kappa shape index (κ2) is 6.79. The van der Waals surface area contributed by atoms with E-state index in [4.69, 9.17) is 69.6 Å². The number of rotatable bonds is 3. The summed E-state index contributed by atoms with van der Waals surface area (Å²) in [5.41, 5.74) is 0.304. The molecule has 3 nitrogen and oxygen atoms in total. The molecule has 0 saturated carbocycles. The summed E-state index contributed by atoms with van der Waals surface area (Å²) < 4.78 is -1.79. The summed E-state index contributed by atoms with van der Waals surface area (Å²) in [6.07, 6.45) is -1.01. The summed E-state index contributed by atoms with van der Waals surface area (Å²) in [5.74, 6) is -0.384. The first-order valence-electron chi connectivity index (χ1n) is 4.86. The maximum absolute atomic E-state index is 11.1. The standard InChI is InChI=1S/C10H8Cl6N2O/c1-4(19)17-9(10(14,15)16)18-8-6(12)2-5(11)3-7(8)13/h2-3,9,18H,1H3,(H,17,19)/t9-/m0/s1. The van der Waals surface area contributed by atoms with Crippen LogP contribution in [0, 0.1) is 0 Å². The van der Waals surface area contributed by atoms with Gasteiger partial charge in [-0.3, -0.25) is 4.79 Å². The van der Waals surface area contributed by atoms with Crippen molar-refractivity contribution in [2.75, 3.05) is 5.32 Å². The van der Waals surface area contributed by atoms with Crippen molar-refractivity contribution in [3.05, 3.63) is 27.2 Å². The highest BCUT2D eigenvalue weighted by Crippen LogP contribution is 2.37. The van der Waals surface area contributed by atoms with Crippen LogP contribution < -0.4 is 10.6 Å². The van der Waals surface area contributed by atoms with Crippen molar-refractivity contribution in [3.63, 3.8) is 0 Å². The van der Waals surface area contributed by atoms with Crippen LogP contribution in [0.1, 0.15) is 6.92 Å². The number of nitrogens with one attached hydrogen (secondary N) is 2. The summed E-state index contributed by atoms with van der Waals surface area (Å²) >= 11 is 35.1. The molecule has 1 amide bonds. The molecular weight excluding hydrogens is 377 g/mol. The molecule has 106 valence electrons. The lowest BCUT2D eigenvalue weighted by molar-refractivity contribution is -0.119. The van der Waals surface area contributed by atoms with Crippen LogP contribution in [0.15, 0.2) is 12.1 Å². The molecule has 1 aromatic carbocycles. The Balaban J connectivity index is 3.06. The van der Waals surface area contributed by atoms with Gasteiger partial charge < -0.3 is 10.6 Å². The molecule has 0 fully saturated rings. The average molecular weight is 385 g/mol. The van der Waals surface area contributed by atoms with E-state index in [1.807, 2.05) is 0 Å². The maximum Gasteiger partial charge on any atom is 0.228 e. The summed E-state index contributed by atoms with van der Waals surface area (Å²) in [7, 11) is 0. The highest BCUT2D eigenvalue weighted by Gasteiger charge is 2.34. The van der Waals surface area contributed by atoms with Crippen LogP contribution >= 0.6 is 69.6 Å². The zero-order valence-electron chi connectivity index (χ0n) is 9.41. The lowest BCUT2D eigenvalue weighted by atomic mass is 10.3. The Hall–Kier alpha value is 0.230. The molecule has 19 heavy (non-hydrogen) atoms. The van der Waals surface area contributed by atoms with Gasteiger partial charge in [0.2, 0.25) is 9.70 Å². The van der Waals surface area contributed by atoms with Crippen LogP contribution in [-0.2, 0) is 4.79 Å². The lowest BCUT2D eigenvalue weighted by Gasteiger charge is -2.27. The molecule has 1 atom stereocenters. The van der Waals surface area contributed by atoms with Crippen LogP contribution in [0.4, 0.5) is 5.69 Å².